The van der Waals surface area contributed by atoms with Crippen molar-refractivity contribution in [3.05, 3.63) is 72.1 Å². The van der Waals surface area contributed by atoms with Crippen LogP contribution in [0.5, 0.6) is 5.75 Å². The molecule has 9 heteroatoms. The molecule has 1 aliphatic rings. The number of rotatable bonds is 3. The Morgan fingerprint density at radius 2 is 1.84 bits per heavy atom. The van der Waals surface area contributed by atoms with Crippen LogP contribution in [0.15, 0.2) is 60.8 Å². The maximum Gasteiger partial charge on any atom is 0.416 e. The van der Waals surface area contributed by atoms with Crippen molar-refractivity contribution in [1.29, 1.82) is 0 Å². The molecule has 0 amide bonds. The number of benzene rings is 2. The van der Waals surface area contributed by atoms with Gasteiger partial charge in [0.05, 0.1) is 17.7 Å². The largest absolute Gasteiger partial charge is 0.491 e. The minimum atomic E-state index is -4.42. The summed E-state index contributed by atoms with van der Waals surface area (Å²) in [6.45, 7) is 2.75. The highest BCUT2D eigenvalue weighted by Crippen LogP contribution is 2.37. The quantitative estimate of drug-likeness (QED) is 0.460. The van der Waals surface area contributed by atoms with Crippen molar-refractivity contribution in [3.8, 4) is 28.3 Å². The summed E-state index contributed by atoms with van der Waals surface area (Å²) in [5.74, 6) is 1.61. The molecule has 0 unspecified atom stereocenters. The van der Waals surface area contributed by atoms with Crippen LogP contribution in [0.25, 0.3) is 22.5 Å². The van der Waals surface area contributed by atoms with E-state index >= 15 is 0 Å². The average molecular weight is 437 g/mol. The molecule has 4 aromatic rings. The number of anilines is 2. The van der Waals surface area contributed by atoms with Gasteiger partial charge in [0.25, 0.3) is 0 Å². The predicted molar refractivity (Wildman–Crippen MR) is 114 cm³/mol. The minimum absolute atomic E-state index is 0.279. The van der Waals surface area contributed by atoms with Gasteiger partial charge in [0.1, 0.15) is 12.4 Å². The zero-order valence-corrected chi connectivity index (χ0v) is 17.0. The number of aromatic nitrogens is 4. The Bertz CT molecular complexity index is 1300. The summed E-state index contributed by atoms with van der Waals surface area (Å²) in [4.78, 5) is 4.24. The van der Waals surface area contributed by atoms with Crippen LogP contribution in [-0.2, 0) is 12.7 Å². The molecule has 162 valence electrons. The van der Waals surface area contributed by atoms with Gasteiger partial charge in [0.2, 0.25) is 5.95 Å². The number of hydrogen-bond donors (Lipinski definition) is 1. The van der Waals surface area contributed by atoms with Crippen molar-refractivity contribution < 1.29 is 17.9 Å². The van der Waals surface area contributed by atoms with Crippen molar-refractivity contribution in [2.24, 2.45) is 0 Å². The standard InChI is InChI=1S/C23H18F3N5O/c1-14-11-16(7-8-27-14)15-5-6-20-19(12-15)21-29-30-22(31(21)9-10-32-20)28-18-4-2-3-17(13-18)23(24,25)26/h2-8,11-13H,9-10H2,1H3,(H,28,30). The lowest BCUT2D eigenvalue weighted by atomic mass is 10.0. The van der Waals surface area contributed by atoms with E-state index in [4.69, 9.17) is 4.74 Å². The Morgan fingerprint density at radius 1 is 1.00 bits per heavy atom. The summed E-state index contributed by atoms with van der Waals surface area (Å²) in [7, 11) is 0. The molecule has 2 aromatic heterocycles. The highest BCUT2D eigenvalue weighted by Gasteiger charge is 2.30. The maximum absolute atomic E-state index is 13.1. The van der Waals surface area contributed by atoms with Gasteiger partial charge < -0.3 is 10.1 Å². The predicted octanol–water partition coefficient (Wildman–Crippen LogP) is 5.47. The van der Waals surface area contributed by atoms with E-state index in [-0.39, 0.29) is 5.69 Å². The molecule has 0 aliphatic carbocycles. The SMILES string of the molecule is Cc1cc(-c2ccc3c(c2)-c2nnc(Nc4cccc(C(F)(F)F)c4)n2CCO3)ccn1. The maximum atomic E-state index is 13.1. The van der Waals surface area contributed by atoms with E-state index in [0.717, 1.165) is 34.5 Å². The molecule has 0 bridgehead atoms. The fourth-order valence-electron chi connectivity index (χ4n) is 3.69. The number of nitrogens with zero attached hydrogens (tertiary/aromatic N) is 4. The van der Waals surface area contributed by atoms with E-state index in [2.05, 4.69) is 20.5 Å². The van der Waals surface area contributed by atoms with E-state index in [0.29, 0.717) is 30.7 Å². The number of fused-ring (bicyclic) bond motifs is 3. The van der Waals surface area contributed by atoms with Crippen LogP contribution in [0.1, 0.15) is 11.3 Å². The van der Waals surface area contributed by atoms with E-state index in [1.54, 1.807) is 12.3 Å². The van der Waals surface area contributed by atoms with Crippen molar-refractivity contribution in [2.75, 3.05) is 11.9 Å². The summed E-state index contributed by atoms with van der Waals surface area (Å²) in [6.07, 6.45) is -2.67. The lowest BCUT2D eigenvalue weighted by molar-refractivity contribution is -0.137. The van der Waals surface area contributed by atoms with Crippen LogP contribution in [0, 0.1) is 6.92 Å². The molecule has 0 fully saturated rings. The number of aryl methyl sites for hydroxylation is 1. The number of nitrogens with one attached hydrogen (secondary N) is 1. The van der Waals surface area contributed by atoms with E-state index in [1.165, 1.54) is 6.07 Å². The molecule has 3 heterocycles. The second-order valence-electron chi connectivity index (χ2n) is 7.45. The third-order valence-electron chi connectivity index (χ3n) is 5.22. The molecular weight excluding hydrogens is 419 g/mol. The smallest absolute Gasteiger partial charge is 0.416 e. The number of alkyl halides is 3. The molecule has 0 atom stereocenters. The normalized spacial score (nSPS) is 13.0. The second-order valence-corrected chi connectivity index (χ2v) is 7.45. The van der Waals surface area contributed by atoms with E-state index in [1.807, 2.05) is 41.8 Å². The molecule has 0 spiro atoms. The summed E-state index contributed by atoms with van der Waals surface area (Å²) < 4.78 is 46.9. The van der Waals surface area contributed by atoms with Crippen molar-refractivity contribution in [1.82, 2.24) is 19.7 Å². The van der Waals surface area contributed by atoms with Gasteiger partial charge in [0, 0.05) is 17.6 Å². The molecule has 0 saturated carbocycles. The third kappa shape index (κ3) is 3.77. The monoisotopic (exact) mass is 437 g/mol. The molecular formula is C23H18F3N5O. The van der Waals surface area contributed by atoms with Gasteiger partial charge >= 0.3 is 6.18 Å². The molecule has 0 radical (unpaired) electrons. The summed E-state index contributed by atoms with van der Waals surface area (Å²) in [6, 6.07) is 14.8. The molecule has 32 heavy (non-hydrogen) atoms. The summed E-state index contributed by atoms with van der Waals surface area (Å²) in [5.41, 5.74) is 3.20. The van der Waals surface area contributed by atoms with Crippen LogP contribution >= 0.6 is 0 Å². The van der Waals surface area contributed by atoms with Gasteiger partial charge in [-0.2, -0.15) is 13.2 Å². The fraction of sp³-hybridized carbons (Fsp3) is 0.174. The van der Waals surface area contributed by atoms with Crippen LogP contribution < -0.4 is 10.1 Å². The van der Waals surface area contributed by atoms with E-state index < -0.39 is 11.7 Å². The lowest BCUT2D eigenvalue weighted by Gasteiger charge is -2.11. The van der Waals surface area contributed by atoms with Crippen LogP contribution in [-0.4, -0.2) is 26.4 Å². The Kier molecular flexibility index (Phi) is 4.80. The van der Waals surface area contributed by atoms with Crippen molar-refractivity contribution in [2.45, 2.75) is 19.6 Å². The molecule has 0 saturated heterocycles. The molecule has 2 aromatic carbocycles. The number of pyridine rings is 1. The van der Waals surface area contributed by atoms with Gasteiger partial charge in [-0.05, 0) is 60.5 Å². The Labute approximate surface area is 181 Å². The van der Waals surface area contributed by atoms with Gasteiger partial charge in [-0.3, -0.25) is 9.55 Å². The number of hydrogen-bond acceptors (Lipinski definition) is 5. The Morgan fingerprint density at radius 3 is 2.66 bits per heavy atom. The van der Waals surface area contributed by atoms with Crippen LogP contribution in [0.3, 0.4) is 0 Å². The van der Waals surface area contributed by atoms with Crippen LogP contribution in [0.4, 0.5) is 24.8 Å². The first-order valence-corrected chi connectivity index (χ1v) is 9.96. The lowest BCUT2D eigenvalue weighted by Crippen LogP contribution is -2.10. The molecule has 1 aliphatic heterocycles. The molecule has 5 rings (SSSR count). The van der Waals surface area contributed by atoms with Gasteiger partial charge in [-0.25, -0.2) is 0 Å². The summed E-state index contributed by atoms with van der Waals surface area (Å²) in [5, 5.41) is 11.5. The minimum Gasteiger partial charge on any atom is -0.491 e. The third-order valence-corrected chi connectivity index (χ3v) is 5.22. The number of ether oxygens (including phenoxy) is 1. The first kappa shape index (κ1) is 20.0. The van der Waals surface area contributed by atoms with E-state index in [9.17, 15) is 13.2 Å². The second kappa shape index (κ2) is 7.67. The Hall–Kier alpha value is -3.88. The average Bonchev–Trinajstić information content (AvgIpc) is 3.06. The zero-order chi connectivity index (χ0) is 22.3. The van der Waals surface area contributed by atoms with Gasteiger partial charge in [-0.15, -0.1) is 10.2 Å². The number of halogens is 3. The Balaban J connectivity index is 1.53. The topological polar surface area (TPSA) is 64.9 Å². The van der Waals surface area contributed by atoms with Crippen molar-refractivity contribution >= 4 is 11.6 Å². The highest BCUT2D eigenvalue weighted by molar-refractivity contribution is 5.76. The first-order valence-electron chi connectivity index (χ1n) is 9.96. The molecule has 6 nitrogen and oxygen atoms in total. The first-order chi connectivity index (χ1) is 15.4. The summed E-state index contributed by atoms with van der Waals surface area (Å²) >= 11 is 0. The highest BCUT2D eigenvalue weighted by atomic mass is 19.4. The zero-order valence-electron chi connectivity index (χ0n) is 17.0. The van der Waals surface area contributed by atoms with Crippen molar-refractivity contribution in [3.63, 3.8) is 0 Å². The molecule has 1 N–H and O–H groups in total. The van der Waals surface area contributed by atoms with Gasteiger partial charge in [0.15, 0.2) is 5.82 Å². The van der Waals surface area contributed by atoms with Gasteiger partial charge in [-0.1, -0.05) is 12.1 Å². The fourth-order valence-corrected chi connectivity index (χ4v) is 3.69. The van der Waals surface area contributed by atoms with Crippen LogP contribution in [0.2, 0.25) is 0 Å².